The number of esters is 1. The normalized spacial score (nSPS) is 15.1. The van der Waals surface area contributed by atoms with Crippen LogP contribution < -0.4 is 20.9 Å². The van der Waals surface area contributed by atoms with Gasteiger partial charge in [-0.1, -0.05) is 103 Å². The van der Waals surface area contributed by atoms with E-state index >= 15 is 0 Å². The molecule has 0 aliphatic carbocycles. The predicted octanol–water partition coefficient (Wildman–Crippen LogP) is 8.46. The van der Waals surface area contributed by atoms with Gasteiger partial charge in [-0.3, -0.25) is 14.5 Å². The van der Waals surface area contributed by atoms with Crippen molar-refractivity contribution < 1.29 is 34.4 Å². The Hall–Kier alpha value is -6.32. The van der Waals surface area contributed by atoms with Crippen LogP contribution >= 0.6 is 22.9 Å². The topological polar surface area (TPSA) is 173 Å². The average molecular weight is 942 g/mol. The van der Waals surface area contributed by atoms with E-state index in [1.165, 1.54) is 36.1 Å². The fourth-order valence-electron chi connectivity index (χ4n) is 8.55. The predicted molar refractivity (Wildman–Crippen MR) is 261 cm³/mol. The standard InChI is InChI=1S/C53H53ClN4O8S/c1-52(22-24-58(25-23-52)32-34-10-5-3-6-11-34)33-66-51(63)53(64,37-13-7-4-8-14-37)38-15-9-12-35(26-38)47-20-16-39(67-47)30-56-50(62)42-28-46(65-2)36(27-43(42)54)29-55-31-45(60)40-17-19-44(59)49-41(40)18-21-48(61)57-49/h3-21,26-28,45,55,59-60,64H,22-25,29-33H2,1-2H3,(H,56,62)(H,57,61). The zero-order valence-corrected chi connectivity index (χ0v) is 38.8. The van der Waals surface area contributed by atoms with Gasteiger partial charge in [0.15, 0.2) is 0 Å². The molecule has 1 aliphatic heterocycles. The SMILES string of the molecule is COc1cc(C(=O)NCc2ccc(-c3cccc(C(O)(C(=O)OCC4(C)CCN(Cc5ccccc5)CC4)c4ccccc4)c3)s2)c(Cl)cc1CNCC(O)c1ccc(O)c2[nH]c(=O)ccc12. The molecule has 0 bridgehead atoms. The molecule has 6 N–H and O–H groups in total. The second kappa shape index (κ2) is 20.7. The number of phenolic OH excluding ortho intramolecular Hbond substituents is 1. The van der Waals surface area contributed by atoms with Crippen molar-refractivity contribution in [1.29, 1.82) is 0 Å². The average Bonchev–Trinajstić information content (AvgIpc) is 3.83. The number of aromatic nitrogens is 1. The number of rotatable bonds is 17. The van der Waals surface area contributed by atoms with Crippen LogP contribution in [0.3, 0.4) is 0 Å². The molecule has 346 valence electrons. The van der Waals surface area contributed by atoms with Crippen LogP contribution in [0.1, 0.15) is 68.9 Å². The van der Waals surface area contributed by atoms with Crippen LogP contribution in [-0.2, 0) is 34.8 Å². The van der Waals surface area contributed by atoms with Gasteiger partial charge in [-0.2, -0.15) is 0 Å². The molecule has 2 atom stereocenters. The lowest BCUT2D eigenvalue weighted by atomic mass is 9.81. The molecule has 7 aromatic rings. The zero-order valence-electron chi connectivity index (χ0n) is 37.3. The number of phenols is 1. The monoisotopic (exact) mass is 940 g/mol. The molecule has 1 saturated heterocycles. The minimum Gasteiger partial charge on any atom is -0.506 e. The van der Waals surface area contributed by atoms with Gasteiger partial charge in [-0.15, -0.1) is 11.3 Å². The summed E-state index contributed by atoms with van der Waals surface area (Å²) in [7, 11) is 1.50. The molecule has 2 aromatic heterocycles. The Morgan fingerprint density at radius 1 is 0.896 bits per heavy atom. The number of piperidine rings is 1. The second-order valence-electron chi connectivity index (χ2n) is 17.3. The van der Waals surface area contributed by atoms with Gasteiger partial charge in [0.25, 0.3) is 5.91 Å². The Kier molecular flexibility index (Phi) is 14.6. The number of carbonyl (C=O) groups excluding carboxylic acids is 2. The van der Waals surface area contributed by atoms with E-state index in [0.29, 0.717) is 33.4 Å². The molecule has 8 rings (SSSR count). The number of aromatic amines is 1. The summed E-state index contributed by atoms with van der Waals surface area (Å²) in [5.41, 5.74) is 1.87. The number of nitrogens with zero attached hydrogens (tertiary/aromatic N) is 1. The number of carbonyl (C=O) groups is 2. The summed E-state index contributed by atoms with van der Waals surface area (Å²) in [5, 5.41) is 40.5. The molecule has 0 saturated carbocycles. The van der Waals surface area contributed by atoms with Crippen molar-refractivity contribution in [3.05, 3.63) is 187 Å². The Bertz CT molecular complexity index is 2920. The van der Waals surface area contributed by atoms with E-state index < -0.39 is 23.6 Å². The quantitative estimate of drug-likeness (QED) is 0.0487. The number of aliphatic hydroxyl groups excluding tert-OH is 1. The lowest BCUT2D eigenvalue weighted by molar-refractivity contribution is -0.166. The minimum atomic E-state index is -2.06. The van der Waals surface area contributed by atoms with Crippen molar-refractivity contribution >= 4 is 45.7 Å². The van der Waals surface area contributed by atoms with Crippen LogP contribution in [0.5, 0.6) is 11.5 Å². The maximum absolute atomic E-state index is 14.2. The smallest absolute Gasteiger partial charge is 0.347 e. The van der Waals surface area contributed by atoms with Crippen LogP contribution in [0.25, 0.3) is 21.3 Å². The van der Waals surface area contributed by atoms with Crippen molar-refractivity contribution in [2.24, 2.45) is 5.41 Å². The number of pyridine rings is 1. The summed E-state index contributed by atoms with van der Waals surface area (Å²) < 4.78 is 11.7. The van der Waals surface area contributed by atoms with E-state index in [4.69, 9.17) is 21.1 Å². The molecule has 14 heteroatoms. The maximum atomic E-state index is 14.2. The summed E-state index contributed by atoms with van der Waals surface area (Å²) in [5.74, 6) is -0.790. The number of methoxy groups -OCH3 is 1. The highest BCUT2D eigenvalue weighted by Gasteiger charge is 2.43. The molecule has 5 aromatic carbocycles. The number of hydrogen-bond acceptors (Lipinski definition) is 11. The van der Waals surface area contributed by atoms with Gasteiger partial charge in [0.2, 0.25) is 11.2 Å². The van der Waals surface area contributed by atoms with Gasteiger partial charge in [-0.05, 0) is 90.6 Å². The first-order valence-corrected chi connectivity index (χ1v) is 23.3. The number of hydrogen-bond donors (Lipinski definition) is 6. The number of fused-ring (bicyclic) bond motifs is 1. The highest BCUT2D eigenvalue weighted by molar-refractivity contribution is 7.15. The van der Waals surface area contributed by atoms with E-state index in [1.54, 1.807) is 54.6 Å². The maximum Gasteiger partial charge on any atom is 0.347 e. The van der Waals surface area contributed by atoms with Crippen molar-refractivity contribution in [3.63, 3.8) is 0 Å². The molecular weight excluding hydrogens is 888 g/mol. The van der Waals surface area contributed by atoms with Gasteiger partial charge < -0.3 is 40.4 Å². The molecule has 1 fully saturated rings. The fourth-order valence-corrected chi connectivity index (χ4v) is 9.77. The number of aliphatic hydroxyl groups is 2. The number of H-pyrrole nitrogens is 1. The Labute approximate surface area is 397 Å². The second-order valence-corrected chi connectivity index (χ2v) is 18.9. The third-order valence-corrected chi connectivity index (χ3v) is 14.0. The van der Waals surface area contributed by atoms with Crippen LogP contribution in [0.2, 0.25) is 5.02 Å². The Morgan fingerprint density at radius 2 is 1.63 bits per heavy atom. The van der Waals surface area contributed by atoms with E-state index in [2.05, 4.69) is 51.7 Å². The zero-order chi connectivity index (χ0) is 47.1. The summed E-state index contributed by atoms with van der Waals surface area (Å²) in [6.07, 6.45) is 0.754. The third-order valence-electron chi connectivity index (χ3n) is 12.5. The molecular formula is C53H53ClN4O8S. The van der Waals surface area contributed by atoms with Crippen molar-refractivity contribution in [2.45, 2.75) is 51.1 Å². The van der Waals surface area contributed by atoms with Crippen LogP contribution in [0.15, 0.2) is 138 Å². The third kappa shape index (κ3) is 10.8. The van der Waals surface area contributed by atoms with Crippen molar-refractivity contribution in [3.8, 4) is 21.9 Å². The molecule has 12 nitrogen and oxygen atoms in total. The van der Waals surface area contributed by atoms with Gasteiger partial charge in [0.1, 0.15) is 11.5 Å². The van der Waals surface area contributed by atoms with Gasteiger partial charge in [0, 0.05) is 57.4 Å². The molecule has 1 amide bonds. The first-order valence-electron chi connectivity index (χ1n) is 22.1. The molecule has 2 unspecified atom stereocenters. The fraction of sp³-hybridized carbons (Fsp3) is 0.264. The number of aromatic hydroxyl groups is 1. The highest BCUT2D eigenvalue weighted by Crippen LogP contribution is 2.38. The van der Waals surface area contributed by atoms with E-state index in [9.17, 15) is 29.7 Å². The summed E-state index contributed by atoms with van der Waals surface area (Å²) in [6, 6.07) is 39.6. The van der Waals surface area contributed by atoms with Crippen LogP contribution in [-0.4, -0.2) is 70.4 Å². The van der Waals surface area contributed by atoms with Crippen LogP contribution in [0, 0.1) is 5.41 Å². The first kappa shape index (κ1) is 47.2. The number of amides is 1. The van der Waals surface area contributed by atoms with Gasteiger partial charge >= 0.3 is 5.97 Å². The molecule has 3 heterocycles. The number of halogens is 1. The minimum absolute atomic E-state index is 0.0940. The summed E-state index contributed by atoms with van der Waals surface area (Å²) in [4.78, 5) is 46.3. The van der Waals surface area contributed by atoms with Crippen molar-refractivity contribution in [2.75, 3.05) is 33.4 Å². The number of ether oxygens (including phenoxy) is 2. The lowest BCUT2D eigenvalue weighted by Gasteiger charge is -2.39. The Balaban J connectivity index is 0.894. The van der Waals surface area contributed by atoms with Crippen LogP contribution in [0.4, 0.5) is 0 Å². The molecule has 0 spiro atoms. The summed E-state index contributed by atoms with van der Waals surface area (Å²) in [6.45, 7) is 5.59. The van der Waals surface area contributed by atoms with E-state index in [1.807, 2.05) is 42.5 Å². The first-order chi connectivity index (χ1) is 32.3. The van der Waals surface area contributed by atoms with Crippen molar-refractivity contribution in [1.82, 2.24) is 20.5 Å². The number of nitrogens with one attached hydrogen (secondary N) is 3. The van der Waals surface area contributed by atoms with E-state index in [0.717, 1.165) is 47.8 Å². The lowest BCUT2D eigenvalue weighted by Crippen LogP contribution is -2.43. The molecule has 1 aliphatic rings. The van der Waals surface area contributed by atoms with Gasteiger partial charge in [0.05, 0.1) is 42.5 Å². The highest BCUT2D eigenvalue weighted by atomic mass is 35.5. The molecule has 0 radical (unpaired) electrons. The Morgan fingerprint density at radius 3 is 2.37 bits per heavy atom. The van der Waals surface area contributed by atoms with E-state index in [-0.39, 0.29) is 59.1 Å². The largest absolute Gasteiger partial charge is 0.506 e. The number of benzene rings is 5. The summed E-state index contributed by atoms with van der Waals surface area (Å²) >= 11 is 8.14. The molecule has 67 heavy (non-hydrogen) atoms. The number of likely N-dealkylation sites (tertiary alicyclic amines) is 1. The van der Waals surface area contributed by atoms with Gasteiger partial charge in [-0.25, -0.2) is 4.79 Å². The number of thiophene rings is 1.